The molecular formula is C7H4F4NO2-. The molecule has 0 radical (unpaired) electrons. The maximum absolute atomic E-state index is 12.6. The van der Waals surface area contributed by atoms with E-state index in [0.717, 1.165) is 0 Å². The molecule has 0 amide bonds. The molecule has 1 N–H and O–H groups in total. The molecule has 3 nitrogen and oxygen atoms in total. The van der Waals surface area contributed by atoms with Crippen LogP contribution < -0.4 is 5.23 Å². The van der Waals surface area contributed by atoms with Gasteiger partial charge in [0.05, 0.1) is 11.3 Å². The minimum atomic E-state index is -4.68. The van der Waals surface area contributed by atoms with Crippen molar-refractivity contribution >= 4 is 5.69 Å². The summed E-state index contributed by atoms with van der Waals surface area (Å²) in [5, 5.41) is 17.5. The summed E-state index contributed by atoms with van der Waals surface area (Å²) < 4.78 is 48.8. The molecule has 0 atom stereocenters. The summed E-state index contributed by atoms with van der Waals surface area (Å²) in [6.07, 6.45) is -4.68. The lowest BCUT2D eigenvalue weighted by Gasteiger charge is -2.22. The van der Waals surface area contributed by atoms with Crippen LogP contribution in [0.2, 0.25) is 0 Å². The highest BCUT2D eigenvalue weighted by atomic mass is 19.4. The van der Waals surface area contributed by atoms with Gasteiger partial charge in [0.2, 0.25) is 0 Å². The fourth-order valence-electron chi connectivity index (χ4n) is 0.836. The first-order chi connectivity index (χ1) is 6.32. The molecule has 7 heteroatoms. The van der Waals surface area contributed by atoms with Crippen molar-refractivity contribution in [3.05, 3.63) is 34.8 Å². The van der Waals surface area contributed by atoms with Gasteiger partial charge in [0.1, 0.15) is 5.82 Å². The minimum absolute atomic E-state index is 0.225. The molecule has 0 saturated carbocycles. The molecule has 0 bridgehead atoms. The van der Waals surface area contributed by atoms with E-state index in [1.54, 1.807) is 0 Å². The van der Waals surface area contributed by atoms with Crippen LogP contribution in [0.25, 0.3) is 0 Å². The molecule has 0 fully saturated rings. The molecule has 78 valence electrons. The fourth-order valence-corrected chi connectivity index (χ4v) is 0.836. The van der Waals surface area contributed by atoms with Crippen LogP contribution in [-0.2, 0) is 6.18 Å². The predicted octanol–water partition coefficient (Wildman–Crippen LogP) is 2.54. The Bertz CT molecular complexity index is 337. The van der Waals surface area contributed by atoms with Crippen molar-refractivity contribution in [2.45, 2.75) is 6.18 Å². The van der Waals surface area contributed by atoms with E-state index in [1.165, 1.54) is 0 Å². The molecule has 1 rings (SSSR count). The third-order valence-electron chi connectivity index (χ3n) is 1.48. The maximum Gasteiger partial charge on any atom is 0.416 e. The summed E-state index contributed by atoms with van der Waals surface area (Å²) in [4.78, 5) is 0. The number of hydrogen-bond donors (Lipinski definition) is 1. The molecule has 0 aliphatic heterocycles. The standard InChI is InChI=1S/C7H4F4NO2/c8-5-2-1-4(7(9,10)11)3-6(5)12(13)14/h1-3,13H/q-1. The number of rotatable bonds is 1. The van der Waals surface area contributed by atoms with E-state index in [2.05, 4.69) is 0 Å². The topological polar surface area (TPSA) is 46.5 Å². The van der Waals surface area contributed by atoms with E-state index in [0.29, 0.717) is 12.1 Å². The Morgan fingerprint density at radius 3 is 2.29 bits per heavy atom. The molecular weight excluding hydrogens is 206 g/mol. The predicted molar refractivity (Wildman–Crippen MR) is 39.0 cm³/mol. The Kier molecular flexibility index (Phi) is 2.63. The van der Waals surface area contributed by atoms with Crippen LogP contribution in [0.15, 0.2) is 18.2 Å². The van der Waals surface area contributed by atoms with Crippen LogP contribution in [0.3, 0.4) is 0 Å². The summed E-state index contributed by atoms with van der Waals surface area (Å²) in [7, 11) is 0. The van der Waals surface area contributed by atoms with Crippen molar-refractivity contribution in [2.75, 3.05) is 5.23 Å². The van der Waals surface area contributed by atoms with E-state index in [-0.39, 0.29) is 6.07 Å². The lowest BCUT2D eigenvalue weighted by atomic mass is 10.2. The largest absolute Gasteiger partial charge is 0.733 e. The van der Waals surface area contributed by atoms with Crippen LogP contribution in [0.4, 0.5) is 23.2 Å². The monoisotopic (exact) mass is 210 g/mol. The molecule has 1 aromatic carbocycles. The van der Waals surface area contributed by atoms with E-state index < -0.39 is 28.5 Å². The van der Waals surface area contributed by atoms with E-state index >= 15 is 0 Å². The van der Waals surface area contributed by atoms with Crippen molar-refractivity contribution in [1.29, 1.82) is 0 Å². The third kappa shape index (κ3) is 2.12. The van der Waals surface area contributed by atoms with Crippen molar-refractivity contribution in [1.82, 2.24) is 0 Å². The van der Waals surface area contributed by atoms with Gasteiger partial charge >= 0.3 is 6.18 Å². The smallest absolute Gasteiger partial charge is 0.416 e. The van der Waals surface area contributed by atoms with Gasteiger partial charge in [-0.15, -0.1) is 0 Å². The zero-order valence-corrected chi connectivity index (χ0v) is 6.55. The molecule has 0 heterocycles. The molecule has 0 unspecified atom stereocenters. The lowest BCUT2D eigenvalue weighted by molar-refractivity contribution is -0.137. The average molecular weight is 210 g/mol. The van der Waals surface area contributed by atoms with Gasteiger partial charge in [-0.3, -0.25) is 5.21 Å². The molecule has 0 aliphatic carbocycles. The summed E-state index contributed by atoms with van der Waals surface area (Å²) >= 11 is 0. The van der Waals surface area contributed by atoms with Crippen LogP contribution in [0, 0.1) is 11.0 Å². The number of hydrogen-bond acceptors (Lipinski definition) is 3. The molecule has 14 heavy (non-hydrogen) atoms. The summed E-state index contributed by atoms with van der Waals surface area (Å²) in [6.45, 7) is 0. The Morgan fingerprint density at radius 1 is 1.29 bits per heavy atom. The molecule has 0 aromatic heterocycles. The molecule has 1 aromatic rings. The molecule has 0 saturated heterocycles. The number of nitrogens with zero attached hydrogens (tertiary/aromatic N) is 1. The van der Waals surface area contributed by atoms with Crippen molar-refractivity contribution in [2.24, 2.45) is 0 Å². The van der Waals surface area contributed by atoms with E-state index in [1.807, 2.05) is 0 Å². The number of halogens is 4. The lowest BCUT2D eigenvalue weighted by Crippen LogP contribution is -2.12. The SMILES string of the molecule is [O-]N(O)c1cc(C(F)(F)F)ccc1F. The van der Waals surface area contributed by atoms with Gasteiger partial charge in [-0.2, -0.15) is 13.2 Å². The van der Waals surface area contributed by atoms with Gasteiger partial charge in [0, 0.05) is 0 Å². The van der Waals surface area contributed by atoms with Gasteiger partial charge < -0.3 is 10.4 Å². The normalized spacial score (nSPS) is 11.6. The maximum atomic E-state index is 12.6. The van der Waals surface area contributed by atoms with Crippen molar-refractivity contribution in [3.8, 4) is 0 Å². The van der Waals surface area contributed by atoms with Gasteiger partial charge in [0.15, 0.2) is 0 Å². The van der Waals surface area contributed by atoms with Gasteiger partial charge in [-0.05, 0) is 18.2 Å². The van der Waals surface area contributed by atoms with E-state index in [9.17, 15) is 22.8 Å². The average Bonchev–Trinajstić information content (AvgIpc) is 2.02. The van der Waals surface area contributed by atoms with Crippen LogP contribution in [0.1, 0.15) is 5.56 Å². The minimum Gasteiger partial charge on any atom is -0.733 e. The zero-order chi connectivity index (χ0) is 10.9. The second-order valence-electron chi connectivity index (χ2n) is 2.44. The van der Waals surface area contributed by atoms with E-state index in [4.69, 9.17) is 5.21 Å². The fraction of sp³-hybridized carbons (Fsp3) is 0.143. The number of alkyl halides is 3. The molecule has 0 aliphatic rings. The first-order valence-electron chi connectivity index (χ1n) is 3.35. The Labute approximate surface area is 75.7 Å². The van der Waals surface area contributed by atoms with Crippen molar-refractivity contribution in [3.63, 3.8) is 0 Å². The van der Waals surface area contributed by atoms with Gasteiger partial charge in [0.25, 0.3) is 0 Å². The highest BCUT2D eigenvalue weighted by Crippen LogP contribution is 2.32. The highest BCUT2D eigenvalue weighted by molar-refractivity contribution is 5.48. The second-order valence-corrected chi connectivity index (χ2v) is 2.44. The summed E-state index contributed by atoms with van der Waals surface area (Å²) in [6, 6.07) is 1.16. The second kappa shape index (κ2) is 3.43. The summed E-state index contributed by atoms with van der Waals surface area (Å²) in [5.74, 6) is -1.23. The third-order valence-corrected chi connectivity index (χ3v) is 1.48. The van der Waals surface area contributed by atoms with Gasteiger partial charge in [-0.25, -0.2) is 4.39 Å². The Balaban J connectivity index is 3.20. The Hall–Kier alpha value is -1.34. The summed E-state index contributed by atoms with van der Waals surface area (Å²) in [5.41, 5.74) is -2.27. The highest BCUT2D eigenvalue weighted by Gasteiger charge is 2.31. The first-order valence-corrected chi connectivity index (χ1v) is 3.35. The molecule has 0 spiro atoms. The van der Waals surface area contributed by atoms with Crippen LogP contribution in [0.5, 0.6) is 0 Å². The Morgan fingerprint density at radius 2 is 1.86 bits per heavy atom. The number of anilines is 1. The van der Waals surface area contributed by atoms with Crippen LogP contribution in [-0.4, -0.2) is 5.21 Å². The van der Waals surface area contributed by atoms with Crippen LogP contribution >= 0.6 is 0 Å². The van der Waals surface area contributed by atoms with Crippen molar-refractivity contribution < 1.29 is 22.8 Å². The van der Waals surface area contributed by atoms with Gasteiger partial charge in [-0.1, -0.05) is 0 Å². The zero-order valence-electron chi connectivity index (χ0n) is 6.55. The number of benzene rings is 1. The quantitative estimate of drug-likeness (QED) is 0.572. The first kappa shape index (κ1) is 10.7.